The standard InChI is InChI=1S/C11H15N3O3S/c12-11(3-1-2-4-11)10(17)13-5-8-14-7(6-18-8)9(15)16/h6H,1-5,12H2,(H,13,17)(H,15,16). The number of amides is 1. The Hall–Kier alpha value is -1.47. The van der Waals surface area contributed by atoms with E-state index in [9.17, 15) is 9.59 Å². The lowest BCUT2D eigenvalue weighted by Gasteiger charge is -2.21. The van der Waals surface area contributed by atoms with Crippen LogP contribution in [0.1, 0.15) is 41.2 Å². The highest BCUT2D eigenvalue weighted by molar-refractivity contribution is 7.09. The molecule has 1 amide bonds. The first kappa shape index (κ1) is 13.0. The summed E-state index contributed by atoms with van der Waals surface area (Å²) in [5.74, 6) is -1.23. The van der Waals surface area contributed by atoms with Gasteiger partial charge in [-0.3, -0.25) is 4.79 Å². The monoisotopic (exact) mass is 269 g/mol. The molecule has 0 saturated heterocycles. The van der Waals surface area contributed by atoms with E-state index in [4.69, 9.17) is 10.8 Å². The van der Waals surface area contributed by atoms with Crippen LogP contribution < -0.4 is 11.1 Å². The third-order valence-corrected chi connectivity index (χ3v) is 3.97. The van der Waals surface area contributed by atoms with Crippen molar-refractivity contribution in [2.75, 3.05) is 0 Å². The minimum Gasteiger partial charge on any atom is -0.476 e. The third-order valence-electron chi connectivity index (χ3n) is 3.12. The number of rotatable bonds is 4. The van der Waals surface area contributed by atoms with Crippen molar-refractivity contribution >= 4 is 23.2 Å². The van der Waals surface area contributed by atoms with Gasteiger partial charge in [0.25, 0.3) is 0 Å². The van der Waals surface area contributed by atoms with Crippen LogP contribution in [0, 0.1) is 0 Å². The van der Waals surface area contributed by atoms with Gasteiger partial charge in [0.2, 0.25) is 5.91 Å². The minimum atomic E-state index is -1.06. The van der Waals surface area contributed by atoms with Crippen LogP contribution in [0.25, 0.3) is 0 Å². The van der Waals surface area contributed by atoms with Gasteiger partial charge >= 0.3 is 5.97 Å². The summed E-state index contributed by atoms with van der Waals surface area (Å²) in [5, 5.41) is 13.5. The molecule has 0 aromatic carbocycles. The Balaban J connectivity index is 1.90. The van der Waals surface area contributed by atoms with Gasteiger partial charge in [-0.05, 0) is 12.8 Å². The first-order chi connectivity index (χ1) is 8.51. The second-order valence-electron chi connectivity index (χ2n) is 4.48. The molecular weight excluding hydrogens is 254 g/mol. The molecule has 1 aromatic rings. The van der Waals surface area contributed by atoms with Crippen LogP contribution in [-0.2, 0) is 11.3 Å². The van der Waals surface area contributed by atoms with E-state index in [0.29, 0.717) is 17.8 Å². The van der Waals surface area contributed by atoms with Gasteiger partial charge in [-0.2, -0.15) is 0 Å². The predicted molar refractivity (Wildman–Crippen MR) is 66.3 cm³/mol. The molecule has 6 nitrogen and oxygen atoms in total. The molecule has 1 fully saturated rings. The molecule has 1 saturated carbocycles. The third kappa shape index (κ3) is 2.68. The number of carbonyl (C=O) groups excluding carboxylic acids is 1. The van der Waals surface area contributed by atoms with Crippen molar-refractivity contribution in [1.82, 2.24) is 10.3 Å². The molecule has 0 bridgehead atoms. The number of aromatic nitrogens is 1. The lowest BCUT2D eigenvalue weighted by atomic mass is 9.98. The number of nitrogens with two attached hydrogens (primary N) is 1. The maximum atomic E-state index is 11.9. The van der Waals surface area contributed by atoms with Crippen LogP contribution in [0.5, 0.6) is 0 Å². The van der Waals surface area contributed by atoms with E-state index < -0.39 is 11.5 Å². The van der Waals surface area contributed by atoms with Gasteiger partial charge in [0.05, 0.1) is 12.1 Å². The maximum Gasteiger partial charge on any atom is 0.355 e. The molecule has 0 unspecified atom stereocenters. The van der Waals surface area contributed by atoms with E-state index in [1.165, 1.54) is 16.7 Å². The number of nitrogens with one attached hydrogen (secondary N) is 1. The smallest absolute Gasteiger partial charge is 0.355 e. The number of aromatic carboxylic acids is 1. The summed E-state index contributed by atoms with van der Waals surface area (Å²) in [4.78, 5) is 26.4. The maximum absolute atomic E-state index is 11.9. The molecule has 1 aliphatic carbocycles. The Labute approximate surface area is 108 Å². The largest absolute Gasteiger partial charge is 0.476 e. The number of carbonyl (C=O) groups is 2. The van der Waals surface area contributed by atoms with Crippen LogP contribution >= 0.6 is 11.3 Å². The van der Waals surface area contributed by atoms with Gasteiger partial charge < -0.3 is 16.2 Å². The van der Waals surface area contributed by atoms with E-state index in [1.54, 1.807) is 0 Å². The summed E-state index contributed by atoms with van der Waals surface area (Å²) in [7, 11) is 0. The fraction of sp³-hybridized carbons (Fsp3) is 0.545. The molecule has 2 rings (SSSR count). The Bertz CT molecular complexity index is 466. The molecule has 1 heterocycles. The van der Waals surface area contributed by atoms with Gasteiger partial charge in [-0.25, -0.2) is 9.78 Å². The Morgan fingerprint density at radius 2 is 2.17 bits per heavy atom. The zero-order chi connectivity index (χ0) is 13.2. The summed E-state index contributed by atoms with van der Waals surface area (Å²) in [5.41, 5.74) is 5.25. The summed E-state index contributed by atoms with van der Waals surface area (Å²) in [6, 6.07) is 0. The van der Waals surface area contributed by atoms with Crippen molar-refractivity contribution in [3.8, 4) is 0 Å². The number of hydrogen-bond acceptors (Lipinski definition) is 5. The molecule has 1 aromatic heterocycles. The molecule has 1 aliphatic rings. The average Bonchev–Trinajstić information content (AvgIpc) is 2.95. The lowest BCUT2D eigenvalue weighted by molar-refractivity contribution is -0.126. The summed E-state index contributed by atoms with van der Waals surface area (Å²) in [6.07, 6.45) is 3.36. The van der Waals surface area contributed by atoms with Crippen molar-refractivity contribution in [2.45, 2.75) is 37.8 Å². The minimum absolute atomic E-state index is 0.00702. The van der Waals surface area contributed by atoms with Gasteiger partial charge in [0.1, 0.15) is 5.01 Å². The molecule has 7 heteroatoms. The highest BCUT2D eigenvalue weighted by Gasteiger charge is 2.36. The van der Waals surface area contributed by atoms with Gasteiger partial charge in [-0.1, -0.05) is 12.8 Å². The molecule has 0 spiro atoms. The number of hydrogen-bond donors (Lipinski definition) is 3. The summed E-state index contributed by atoms with van der Waals surface area (Å²) < 4.78 is 0. The fourth-order valence-corrected chi connectivity index (χ4v) is 2.76. The number of nitrogens with zero attached hydrogens (tertiary/aromatic N) is 1. The molecular formula is C11H15N3O3S. The highest BCUT2D eigenvalue weighted by atomic mass is 32.1. The Morgan fingerprint density at radius 1 is 1.50 bits per heavy atom. The number of carboxylic acid groups (broad SMARTS) is 1. The molecule has 0 radical (unpaired) electrons. The molecule has 4 N–H and O–H groups in total. The molecule has 18 heavy (non-hydrogen) atoms. The van der Waals surface area contributed by atoms with E-state index >= 15 is 0 Å². The van der Waals surface area contributed by atoms with Crippen LogP contribution in [0.3, 0.4) is 0 Å². The zero-order valence-electron chi connectivity index (χ0n) is 9.81. The van der Waals surface area contributed by atoms with Crippen LogP contribution in [0.4, 0.5) is 0 Å². The first-order valence-electron chi connectivity index (χ1n) is 5.76. The lowest BCUT2D eigenvalue weighted by Crippen LogP contribution is -2.51. The van der Waals surface area contributed by atoms with E-state index in [1.807, 2.05) is 0 Å². The van der Waals surface area contributed by atoms with Crippen LogP contribution in [-0.4, -0.2) is 27.5 Å². The Kier molecular flexibility index (Phi) is 3.63. The van der Waals surface area contributed by atoms with Gasteiger partial charge in [0.15, 0.2) is 5.69 Å². The van der Waals surface area contributed by atoms with Crippen molar-refractivity contribution < 1.29 is 14.7 Å². The van der Waals surface area contributed by atoms with Crippen molar-refractivity contribution in [3.05, 3.63) is 16.1 Å². The average molecular weight is 269 g/mol. The fourth-order valence-electron chi connectivity index (χ4n) is 2.06. The molecule has 98 valence electrons. The van der Waals surface area contributed by atoms with Crippen LogP contribution in [0.15, 0.2) is 5.38 Å². The topological polar surface area (TPSA) is 105 Å². The van der Waals surface area contributed by atoms with Crippen molar-refractivity contribution in [1.29, 1.82) is 0 Å². The quantitative estimate of drug-likeness (QED) is 0.747. The van der Waals surface area contributed by atoms with Gasteiger partial charge in [-0.15, -0.1) is 11.3 Å². The molecule has 0 aliphatic heterocycles. The van der Waals surface area contributed by atoms with Crippen molar-refractivity contribution in [2.24, 2.45) is 5.73 Å². The predicted octanol–water partition coefficient (Wildman–Crippen LogP) is 0.729. The van der Waals surface area contributed by atoms with Crippen LogP contribution in [0.2, 0.25) is 0 Å². The molecule has 0 atom stereocenters. The van der Waals surface area contributed by atoms with Gasteiger partial charge in [0, 0.05) is 5.38 Å². The number of thiazole rings is 1. The number of carboxylic acids is 1. The normalized spacial score (nSPS) is 17.6. The van der Waals surface area contributed by atoms with Crippen molar-refractivity contribution in [3.63, 3.8) is 0 Å². The zero-order valence-corrected chi connectivity index (χ0v) is 10.6. The van der Waals surface area contributed by atoms with E-state index in [2.05, 4.69) is 10.3 Å². The second kappa shape index (κ2) is 5.03. The SMILES string of the molecule is NC1(C(=O)NCc2nc(C(=O)O)cs2)CCCC1. The first-order valence-corrected chi connectivity index (χ1v) is 6.64. The van der Waals surface area contributed by atoms with E-state index in [-0.39, 0.29) is 18.1 Å². The Morgan fingerprint density at radius 3 is 2.72 bits per heavy atom. The summed E-state index contributed by atoms with van der Waals surface area (Å²) in [6.45, 7) is 0.232. The highest BCUT2D eigenvalue weighted by Crippen LogP contribution is 2.27. The summed E-state index contributed by atoms with van der Waals surface area (Å²) >= 11 is 1.21. The van der Waals surface area contributed by atoms with E-state index in [0.717, 1.165) is 12.8 Å². The second-order valence-corrected chi connectivity index (χ2v) is 5.42.